The number of anilines is 5. The summed E-state index contributed by atoms with van der Waals surface area (Å²) in [6.07, 6.45) is 10.5. The monoisotopic (exact) mass is 484 g/mol. The van der Waals surface area contributed by atoms with Gasteiger partial charge in [0.2, 0.25) is 10.0 Å². The average Bonchev–Trinajstić information content (AvgIpc) is 2.77. The lowest BCUT2D eigenvalue weighted by molar-refractivity contribution is -0.617. The summed E-state index contributed by atoms with van der Waals surface area (Å²) in [6.45, 7) is 0. The highest BCUT2D eigenvalue weighted by Gasteiger charge is 2.35. The second-order valence-electron chi connectivity index (χ2n) is 7.62. The van der Waals surface area contributed by atoms with Gasteiger partial charge in [0.05, 0.1) is 35.7 Å². The minimum Gasteiger partial charge on any atom is -0.399 e. The molecule has 0 radical (unpaired) electrons. The number of hydrogen-bond acceptors (Lipinski definition) is 6. The molecule has 4 rings (SSSR count). The van der Waals surface area contributed by atoms with Crippen molar-refractivity contribution in [3.05, 3.63) is 71.5 Å². The number of rotatable bonds is 4. The Morgan fingerprint density at radius 1 is 0.697 bits per heavy atom. The molecule has 0 aliphatic carbocycles. The largest absolute Gasteiger partial charge is 0.399 e. The molecular weight excluding hydrogens is 461 g/mol. The van der Waals surface area contributed by atoms with Crippen molar-refractivity contribution in [1.29, 1.82) is 0 Å². The van der Waals surface area contributed by atoms with Crippen molar-refractivity contribution < 1.29 is 13.7 Å². The van der Waals surface area contributed by atoms with Crippen LogP contribution in [0.3, 0.4) is 0 Å². The van der Waals surface area contributed by atoms with Gasteiger partial charge in [-0.3, -0.25) is 0 Å². The average molecular weight is 485 g/mol. The predicted molar refractivity (Wildman–Crippen MR) is 131 cm³/mol. The van der Waals surface area contributed by atoms with E-state index in [1.54, 1.807) is 62.9 Å². The first-order valence-electron chi connectivity index (χ1n) is 9.88. The third-order valence-corrected chi connectivity index (χ3v) is 5.79. The summed E-state index contributed by atoms with van der Waals surface area (Å²) in [7, 11) is 3.83. The van der Waals surface area contributed by atoms with E-state index in [-0.39, 0.29) is 0 Å². The molecule has 0 spiro atoms. The summed E-state index contributed by atoms with van der Waals surface area (Å²) in [5.74, 6) is 0.868. The molecule has 0 fully saturated rings. The lowest BCUT2D eigenvalue weighted by atomic mass is 10.2. The van der Waals surface area contributed by atoms with E-state index in [0.29, 0.717) is 50.1 Å². The number of pyridine rings is 4. The Kier molecular flexibility index (Phi) is 5.84. The fraction of sp³-hybridized carbons (Fsp3) is 0.0909. The minimum absolute atomic E-state index is 0.302. The molecule has 11 heteroatoms. The van der Waals surface area contributed by atoms with E-state index in [0.717, 1.165) is 5.69 Å². The van der Waals surface area contributed by atoms with Crippen molar-refractivity contribution in [3.63, 3.8) is 0 Å². The maximum atomic E-state index is 6.87. The number of nitrogen functional groups attached to an aromatic ring is 4. The minimum atomic E-state index is 0.302. The fourth-order valence-electron chi connectivity index (χ4n) is 3.36. The third kappa shape index (κ3) is 4.15. The lowest BCUT2D eigenvalue weighted by Crippen LogP contribution is -2.40. The molecule has 0 aromatic carbocycles. The van der Waals surface area contributed by atoms with E-state index in [1.807, 2.05) is 31.3 Å². The van der Waals surface area contributed by atoms with E-state index < -0.39 is 0 Å². The molecule has 8 N–H and O–H groups in total. The maximum absolute atomic E-state index is 6.87. The van der Waals surface area contributed by atoms with Crippen LogP contribution in [-0.2, 0) is 0 Å². The van der Waals surface area contributed by atoms with Crippen LogP contribution >= 0.6 is 23.2 Å². The van der Waals surface area contributed by atoms with Crippen molar-refractivity contribution >= 4 is 51.6 Å². The summed E-state index contributed by atoms with van der Waals surface area (Å²) in [5, 5.41) is 0.613. The topological polar surface area (TPSA) is 132 Å². The van der Waals surface area contributed by atoms with Crippen LogP contribution < -0.4 is 41.5 Å². The zero-order valence-corrected chi connectivity index (χ0v) is 19.6. The Balaban J connectivity index is 2.02. The van der Waals surface area contributed by atoms with E-state index in [2.05, 4.69) is 0 Å². The van der Waals surface area contributed by atoms with Crippen LogP contribution in [0, 0.1) is 0 Å². The van der Waals surface area contributed by atoms with Gasteiger partial charge in [0, 0.05) is 49.0 Å². The van der Waals surface area contributed by atoms with E-state index >= 15 is 0 Å². The summed E-state index contributed by atoms with van der Waals surface area (Å²) in [4.78, 5) is 6.69. The van der Waals surface area contributed by atoms with Gasteiger partial charge in [0.15, 0.2) is 12.4 Å². The lowest BCUT2D eigenvalue weighted by Gasteiger charge is -2.14. The molecule has 33 heavy (non-hydrogen) atoms. The number of hydrogen-bond donors (Lipinski definition) is 4. The summed E-state index contributed by atoms with van der Waals surface area (Å²) < 4.78 is 5.20. The first kappa shape index (κ1) is 22.4. The molecule has 168 valence electrons. The Morgan fingerprint density at radius 3 is 1.82 bits per heavy atom. The highest BCUT2D eigenvalue weighted by Crippen LogP contribution is 2.31. The van der Waals surface area contributed by atoms with Crippen LogP contribution in [0.15, 0.2) is 61.4 Å². The molecule has 0 amide bonds. The molecule has 0 saturated carbocycles. The SMILES string of the molecule is CN(C)c1cc[n+](-c2nc(-[n+]3ccc(N)cc3)c(Cl)c(-[n+]3ccc(N)c(N)c3)c2Cl)cc1N. The van der Waals surface area contributed by atoms with Crippen molar-refractivity contribution in [2.45, 2.75) is 0 Å². The Bertz CT molecular complexity index is 1360. The molecule has 4 heterocycles. The smallest absolute Gasteiger partial charge is 0.358 e. The number of aromatic nitrogens is 4. The van der Waals surface area contributed by atoms with Gasteiger partial charge >= 0.3 is 11.6 Å². The molecule has 0 saturated heterocycles. The zero-order valence-electron chi connectivity index (χ0n) is 18.1. The molecule has 0 bridgehead atoms. The van der Waals surface area contributed by atoms with Gasteiger partial charge in [0.25, 0.3) is 5.69 Å². The number of halogens is 2. The standard InChI is InChI=1S/C22H22Cl2N9/c1-30(2)17-6-10-33(12-16(17)28)22-19(24)20(32-9-5-14(26)15(27)11-32)18(23)21(29-22)31-7-3-13(25)4-8-31/h3-12,25-26H,27-28H2,1-2H3/q+1/p+2. The Labute approximate surface area is 201 Å². The molecular formula is C22H24Cl2N9+3. The first-order chi connectivity index (χ1) is 15.7. The van der Waals surface area contributed by atoms with Gasteiger partial charge in [-0.2, -0.15) is 9.13 Å². The second kappa shape index (κ2) is 8.61. The highest BCUT2D eigenvalue weighted by molar-refractivity contribution is 6.38. The van der Waals surface area contributed by atoms with Crippen molar-refractivity contribution in [1.82, 2.24) is 4.98 Å². The van der Waals surface area contributed by atoms with E-state index in [9.17, 15) is 0 Å². The molecule has 0 atom stereocenters. The summed E-state index contributed by atoms with van der Waals surface area (Å²) in [6, 6.07) is 7.05. The third-order valence-electron chi connectivity index (χ3n) is 5.10. The quantitative estimate of drug-likeness (QED) is 0.325. The number of nitrogens with two attached hydrogens (primary N) is 4. The Hall–Kier alpha value is -3.82. The zero-order chi connectivity index (χ0) is 23.9. The summed E-state index contributed by atoms with van der Waals surface area (Å²) in [5.41, 5.74) is 27.4. The fourth-order valence-corrected chi connectivity index (χ4v) is 4.08. The van der Waals surface area contributed by atoms with Crippen molar-refractivity contribution in [2.24, 2.45) is 0 Å². The maximum Gasteiger partial charge on any atom is 0.358 e. The van der Waals surface area contributed by atoms with Gasteiger partial charge < -0.3 is 27.8 Å². The second-order valence-corrected chi connectivity index (χ2v) is 8.38. The molecule has 0 unspecified atom stereocenters. The van der Waals surface area contributed by atoms with Crippen molar-refractivity contribution in [3.8, 4) is 17.3 Å². The van der Waals surface area contributed by atoms with Gasteiger partial charge in [-0.25, -0.2) is 4.57 Å². The first-order valence-corrected chi connectivity index (χ1v) is 10.6. The van der Waals surface area contributed by atoms with E-state index in [4.69, 9.17) is 51.1 Å². The van der Waals surface area contributed by atoms with Gasteiger partial charge in [-0.05, 0) is 0 Å². The number of nitrogens with zero attached hydrogens (tertiary/aromatic N) is 5. The summed E-state index contributed by atoms with van der Waals surface area (Å²) >= 11 is 13.7. The van der Waals surface area contributed by atoms with Crippen LogP contribution in [0.25, 0.3) is 17.3 Å². The molecule has 0 aliphatic heterocycles. The predicted octanol–water partition coefficient (Wildman–Crippen LogP) is 1.61. The Morgan fingerprint density at radius 2 is 1.24 bits per heavy atom. The normalized spacial score (nSPS) is 10.9. The van der Waals surface area contributed by atoms with Gasteiger partial charge in [0.1, 0.15) is 11.9 Å². The van der Waals surface area contributed by atoms with Crippen LogP contribution in [0.4, 0.5) is 28.4 Å². The van der Waals surface area contributed by atoms with Crippen molar-refractivity contribution in [2.75, 3.05) is 41.9 Å². The van der Waals surface area contributed by atoms with E-state index in [1.165, 1.54) is 0 Å². The van der Waals surface area contributed by atoms with Crippen LogP contribution in [-0.4, -0.2) is 19.1 Å². The van der Waals surface area contributed by atoms with Crippen LogP contribution in [0.5, 0.6) is 0 Å². The van der Waals surface area contributed by atoms with Crippen LogP contribution in [0.2, 0.25) is 10.0 Å². The molecule has 9 nitrogen and oxygen atoms in total. The molecule has 4 aromatic rings. The highest BCUT2D eigenvalue weighted by atomic mass is 35.5. The van der Waals surface area contributed by atoms with Crippen LogP contribution in [0.1, 0.15) is 0 Å². The molecule has 0 aliphatic rings. The van der Waals surface area contributed by atoms with Gasteiger partial charge in [-0.15, -0.1) is 0 Å². The molecule has 4 aromatic heterocycles. The van der Waals surface area contributed by atoms with Gasteiger partial charge in [-0.1, -0.05) is 23.2 Å².